The molecule has 1 amide bonds. The van der Waals surface area contributed by atoms with Crippen molar-refractivity contribution in [2.45, 2.75) is 24.9 Å². The highest BCUT2D eigenvalue weighted by Gasteiger charge is 2.31. The number of aromatic amines is 2. The maximum Gasteiger partial charge on any atom is 0.573 e. The molecule has 0 fully saturated rings. The van der Waals surface area contributed by atoms with Crippen molar-refractivity contribution in [1.29, 1.82) is 0 Å². The fraction of sp³-hybridized carbons (Fsp3) is 0.174. The number of hydrogen-bond acceptors (Lipinski definition) is 7. The number of hydrogen-bond donors (Lipinski definition) is 3. The first kappa shape index (κ1) is 25.8. The minimum atomic E-state index is -4.81. The normalized spacial score (nSPS) is 11.4. The van der Waals surface area contributed by atoms with Gasteiger partial charge in [-0.1, -0.05) is 23.9 Å². The number of aromatic nitrogens is 5. The van der Waals surface area contributed by atoms with Crippen LogP contribution in [-0.4, -0.2) is 42.8 Å². The van der Waals surface area contributed by atoms with Crippen LogP contribution >= 0.6 is 11.8 Å². The molecule has 0 aliphatic rings. The minimum Gasteiger partial charge on any atom is -0.406 e. The number of ether oxygens (including phenoxy) is 1. The summed E-state index contributed by atoms with van der Waals surface area (Å²) in [7, 11) is 0. The van der Waals surface area contributed by atoms with Gasteiger partial charge in [-0.3, -0.25) is 19.1 Å². The minimum absolute atomic E-state index is 0.0768. The van der Waals surface area contributed by atoms with Crippen molar-refractivity contribution < 1.29 is 22.7 Å². The molecule has 0 atom stereocenters. The van der Waals surface area contributed by atoms with Gasteiger partial charge in [-0.2, -0.15) is 0 Å². The Morgan fingerprint density at radius 2 is 1.84 bits per heavy atom. The second-order valence-corrected chi connectivity index (χ2v) is 8.71. The van der Waals surface area contributed by atoms with Gasteiger partial charge in [0, 0.05) is 29.6 Å². The highest BCUT2D eigenvalue weighted by molar-refractivity contribution is 7.99. The van der Waals surface area contributed by atoms with E-state index >= 15 is 0 Å². The maximum atomic E-state index is 12.5. The molecule has 3 N–H and O–H groups in total. The van der Waals surface area contributed by atoms with Gasteiger partial charge in [0.1, 0.15) is 11.6 Å². The van der Waals surface area contributed by atoms with Crippen molar-refractivity contribution in [1.82, 2.24) is 24.7 Å². The number of carbonyl (C=O) groups excluding carboxylic acids is 1. The molecule has 0 aliphatic carbocycles. The topological polar surface area (TPSA) is 135 Å². The summed E-state index contributed by atoms with van der Waals surface area (Å²) in [6.07, 6.45) is -4.71. The van der Waals surface area contributed by atoms with Crippen molar-refractivity contribution in [3.8, 4) is 11.4 Å². The van der Waals surface area contributed by atoms with E-state index in [1.165, 1.54) is 18.2 Å². The number of alkyl halides is 3. The first-order valence-electron chi connectivity index (χ1n) is 10.7. The molecule has 2 aromatic heterocycles. The number of nitrogens with zero attached hydrogens (tertiary/aromatic N) is 3. The Balaban J connectivity index is 1.51. The fourth-order valence-electron chi connectivity index (χ4n) is 3.39. The van der Waals surface area contributed by atoms with Gasteiger partial charge in [0.15, 0.2) is 5.16 Å². The molecule has 4 aromatic rings. The van der Waals surface area contributed by atoms with E-state index in [1.807, 2.05) is 31.2 Å². The number of nitrogens with one attached hydrogen (secondary N) is 3. The molecule has 37 heavy (non-hydrogen) atoms. The summed E-state index contributed by atoms with van der Waals surface area (Å²) in [6, 6.07) is 13.5. The first-order valence-corrected chi connectivity index (χ1v) is 11.7. The third-order valence-corrected chi connectivity index (χ3v) is 5.76. The smallest absolute Gasteiger partial charge is 0.406 e. The van der Waals surface area contributed by atoms with Gasteiger partial charge in [-0.05, 0) is 48.9 Å². The lowest BCUT2D eigenvalue weighted by Gasteiger charge is -2.11. The van der Waals surface area contributed by atoms with E-state index in [0.717, 1.165) is 35.1 Å². The lowest BCUT2D eigenvalue weighted by molar-refractivity contribution is -0.274. The molecule has 2 heterocycles. The predicted octanol–water partition coefficient (Wildman–Crippen LogP) is 3.17. The molecule has 0 aliphatic heterocycles. The van der Waals surface area contributed by atoms with E-state index in [9.17, 15) is 27.6 Å². The molecule has 0 saturated heterocycles. The third-order valence-electron chi connectivity index (χ3n) is 4.83. The Labute approximate surface area is 210 Å². The van der Waals surface area contributed by atoms with Gasteiger partial charge in [-0.25, -0.2) is 4.79 Å². The van der Waals surface area contributed by atoms with Gasteiger partial charge in [0.2, 0.25) is 5.91 Å². The lowest BCUT2D eigenvalue weighted by Crippen LogP contribution is -2.23. The van der Waals surface area contributed by atoms with E-state index in [0.29, 0.717) is 22.4 Å². The quantitative estimate of drug-likeness (QED) is 0.297. The van der Waals surface area contributed by atoms with Crippen LogP contribution < -0.4 is 21.3 Å². The zero-order valence-electron chi connectivity index (χ0n) is 19.1. The van der Waals surface area contributed by atoms with Crippen molar-refractivity contribution in [3.05, 3.63) is 92.5 Å². The summed E-state index contributed by atoms with van der Waals surface area (Å²) in [5, 5.41) is 11.4. The second-order valence-electron chi connectivity index (χ2n) is 7.77. The monoisotopic (exact) mass is 532 g/mol. The first-order chi connectivity index (χ1) is 17.6. The number of H-pyrrole nitrogens is 2. The van der Waals surface area contributed by atoms with Gasteiger partial charge >= 0.3 is 12.1 Å². The molecular formula is C23H19F3N6O4S. The van der Waals surface area contributed by atoms with Crippen LogP contribution in [0.15, 0.2) is 69.3 Å². The molecule has 2 aromatic carbocycles. The van der Waals surface area contributed by atoms with Gasteiger partial charge in [0.05, 0.1) is 5.75 Å². The molecular weight excluding hydrogens is 513 g/mol. The second kappa shape index (κ2) is 10.7. The summed E-state index contributed by atoms with van der Waals surface area (Å²) >= 11 is 1.09. The number of amides is 1. The van der Waals surface area contributed by atoms with Crippen molar-refractivity contribution in [2.75, 3.05) is 11.1 Å². The number of anilines is 1. The van der Waals surface area contributed by atoms with Crippen molar-refractivity contribution >= 4 is 23.4 Å². The van der Waals surface area contributed by atoms with Gasteiger partial charge < -0.3 is 15.0 Å². The molecule has 0 saturated carbocycles. The highest BCUT2D eigenvalue weighted by atomic mass is 32.2. The van der Waals surface area contributed by atoms with E-state index < -0.39 is 29.3 Å². The van der Waals surface area contributed by atoms with Crippen LogP contribution in [0.25, 0.3) is 5.69 Å². The van der Waals surface area contributed by atoms with Crippen LogP contribution in [0.3, 0.4) is 0 Å². The Hall–Kier alpha value is -4.33. The largest absolute Gasteiger partial charge is 0.573 e. The highest BCUT2D eigenvalue weighted by Crippen LogP contribution is 2.26. The van der Waals surface area contributed by atoms with Crippen molar-refractivity contribution in [2.24, 2.45) is 0 Å². The molecule has 14 heteroatoms. The van der Waals surface area contributed by atoms with Crippen LogP contribution in [0.1, 0.15) is 17.1 Å². The van der Waals surface area contributed by atoms with Gasteiger partial charge in [0.25, 0.3) is 5.56 Å². The summed E-state index contributed by atoms with van der Waals surface area (Å²) in [5.41, 5.74) is 1.11. The standard InChI is InChI=1S/C23H19F3N6O4S/c1-13-3-2-4-16(9-13)32-18(10-15-11-19(33)29-21(35)28-15)30-31-22(32)37-12-20(34)27-14-5-7-17(8-6-14)36-23(24,25)26/h2-9,11H,10,12H2,1H3,(H,27,34)(H2,28,29,33,35). The SMILES string of the molecule is Cc1cccc(-n2c(Cc3cc(=O)[nH]c(=O)[nH]3)nnc2SCC(=O)Nc2ccc(OC(F)(F)F)cc2)c1. The zero-order valence-corrected chi connectivity index (χ0v) is 19.9. The van der Waals surface area contributed by atoms with Crippen LogP contribution in [-0.2, 0) is 11.2 Å². The number of benzene rings is 2. The Kier molecular flexibility index (Phi) is 7.47. The molecule has 0 unspecified atom stereocenters. The summed E-state index contributed by atoms with van der Waals surface area (Å²) in [6.45, 7) is 1.91. The molecule has 192 valence electrons. The van der Waals surface area contributed by atoms with E-state index in [4.69, 9.17) is 0 Å². The van der Waals surface area contributed by atoms with Crippen LogP contribution in [0.2, 0.25) is 0 Å². The summed E-state index contributed by atoms with van der Waals surface area (Å²) in [4.78, 5) is 40.5. The van der Waals surface area contributed by atoms with E-state index in [1.54, 1.807) is 4.57 Å². The fourth-order valence-corrected chi connectivity index (χ4v) is 4.16. The average Bonchev–Trinajstić information content (AvgIpc) is 3.19. The molecule has 10 nitrogen and oxygen atoms in total. The molecule has 4 rings (SSSR count). The van der Waals surface area contributed by atoms with Crippen molar-refractivity contribution in [3.63, 3.8) is 0 Å². The Morgan fingerprint density at radius 3 is 2.51 bits per heavy atom. The molecule has 0 spiro atoms. The molecule has 0 bridgehead atoms. The Morgan fingerprint density at radius 1 is 1.08 bits per heavy atom. The summed E-state index contributed by atoms with van der Waals surface area (Å²) in [5.74, 6) is -0.476. The predicted molar refractivity (Wildman–Crippen MR) is 129 cm³/mol. The number of rotatable bonds is 8. The lowest BCUT2D eigenvalue weighted by atomic mass is 10.2. The number of carbonyl (C=O) groups is 1. The van der Waals surface area contributed by atoms with Crippen LogP contribution in [0, 0.1) is 6.92 Å². The van der Waals surface area contributed by atoms with E-state index in [-0.39, 0.29) is 12.2 Å². The number of aryl methyl sites for hydroxylation is 1. The number of thioether (sulfide) groups is 1. The zero-order chi connectivity index (χ0) is 26.6. The summed E-state index contributed by atoms with van der Waals surface area (Å²) < 4.78 is 42.5. The third kappa shape index (κ3) is 7.10. The van der Waals surface area contributed by atoms with Crippen LogP contribution in [0.4, 0.5) is 18.9 Å². The van der Waals surface area contributed by atoms with Crippen LogP contribution in [0.5, 0.6) is 5.75 Å². The Bertz CT molecular complexity index is 1500. The number of halogens is 3. The van der Waals surface area contributed by atoms with Gasteiger partial charge in [-0.15, -0.1) is 23.4 Å². The average molecular weight is 533 g/mol. The molecule has 0 radical (unpaired) electrons. The maximum absolute atomic E-state index is 12.5. The van der Waals surface area contributed by atoms with E-state index in [2.05, 4.69) is 30.2 Å².